The second-order valence-electron chi connectivity index (χ2n) is 8.25. The van der Waals surface area contributed by atoms with Crippen molar-refractivity contribution in [1.82, 2.24) is 10.6 Å². The van der Waals surface area contributed by atoms with Crippen molar-refractivity contribution in [2.75, 3.05) is 0 Å². The molecule has 0 aliphatic heterocycles. The number of nitrogens with two attached hydrogens (primary N) is 1. The van der Waals surface area contributed by atoms with Gasteiger partial charge >= 0.3 is 5.97 Å². The fourth-order valence-corrected chi connectivity index (χ4v) is 2.89. The van der Waals surface area contributed by atoms with Crippen LogP contribution >= 0.6 is 0 Å². The van der Waals surface area contributed by atoms with E-state index in [0.717, 1.165) is 17.7 Å². The Morgan fingerprint density at radius 2 is 1.60 bits per heavy atom. The molecule has 0 saturated heterocycles. The molecule has 156 valence electrons. The Kier molecular flexibility index (Phi) is 6.56. The summed E-state index contributed by atoms with van der Waals surface area (Å²) in [4.78, 5) is 23.7. The average Bonchev–Trinajstić information content (AvgIpc) is 3.53. The van der Waals surface area contributed by atoms with Gasteiger partial charge in [-0.05, 0) is 68.7 Å². The topological polar surface area (TPSA) is 104 Å². The van der Waals surface area contributed by atoms with Crippen LogP contribution in [0.3, 0.4) is 0 Å². The molecule has 1 fully saturated rings. The van der Waals surface area contributed by atoms with Gasteiger partial charge in [-0.15, -0.1) is 0 Å². The average molecular weight is 405 g/mol. The van der Waals surface area contributed by atoms with Crippen LogP contribution in [0.4, 0.5) is 0 Å². The summed E-state index contributed by atoms with van der Waals surface area (Å²) in [5.74, 6) is 4.53. The van der Waals surface area contributed by atoms with Gasteiger partial charge in [-0.3, -0.25) is 4.79 Å². The maximum atomic E-state index is 12.4. The molecule has 5 N–H and O–H groups in total. The second kappa shape index (κ2) is 9.12. The third-order valence-electron chi connectivity index (χ3n) is 4.89. The summed E-state index contributed by atoms with van der Waals surface area (Å²) in [5, 5.41) is 15.2. The number of nitrogens with one attached hydrogen (secondary N) is 2. The summed E-state index contributed by atoms with van der Waals surface area (Å²) in [6.45, 7) is 3.99. The molecule has 0 heterocycles. The molecule has 30 heavy (non-hydrogen) atoms. The van der Waals surface area contributed by atoms with Crippen molar-refractivity contribution in [2.24, 2.45) is 5.73 Å². The molecule has 2 aromatic carbocycles. The lowest BCUT2D eigenvalue weighted by atomic mass is 9.95. The first-order chi connectivity index (χ1) is 14.2. The molecule has 1 aliphatic carbocycles. The second-order valence-corrected chi connectivity index (χ2v) is 8.25. The van der Waals surface area contributed by atoms with Crippen LogP contribution in [0, 0.1) is 11.8 Å². The fourth-order valence-electron chi connectivity index (χ4n) is 2.89. The Morgan fingerprint density at radius 3 is 2.07 bits per heavy atom. The number of carbonyl (C=O) groups excluding carboxylic acids is 1. The van der Waals surface area contributed by atoms with Gasteiger partial charge in [-0.1, -0.05) is 24.0 Å². The van der Waals surface area contributed by atoms with Gasteiger partial charge in [0.05, 0.1) is 0 Å². The summed E-state index contributed by atoms with van der Waals surface area (Å²) >= 11 is 0. The Labute approximate surface area is 176 Å². The molecule has 1 amide bonds. The SMILES string of the molecule is CC(C)(N)C(NC(=O)c1ccc(C#Cc2ccc(CNC3CC3)cc2)cc1)C(=O)O. The third kappa shape index (κ3) is 6.18. The monoisotopic (exact) mass is 405 g/mol. The number of benzene rings is 2. The first kappa shape index (κ1) is 21.6. The van der Waals surface area contributed by atoms with Crippen molar-refractivity contribution in [1.29, 1.82) is 0 Å². The fraction of sp³-hybridized carbons (Fsp3) is 0.333. The van der Waals surface area contributed by atoms with Gasteiger partial charge in [0.1, 0.15) is 6.04 Å². The van der Waals surface area contributed by atoms with Crippen molar-refractivity contribution in [3.8, 4) is 11.8 Å². The number of rotatable bonds is 7. The molecule has 3 rings (SSSR count). The maximum Gasteiger partial charge on any atom is 0.328 e. The summed E-state index contributed by atoms with van der Waals surface area (Å²) in [5.41, 5.74) is 8.04. The number of carboxylic acid groups (broad SMARTS) is 1. The highest BCUT2D eigenvalue weighted by atomic mass is 16.4. The van der Waals surface area contributed by atoms with E-state index in [4.69, 9.17) is 5.73 Å². The molecule has 0 bridgehead atoms. The van der Waals surface area contributed by atoms with Gasteiger partial charge < -0.3 is 21.5 Å². The molecule has 6 nitrogen and oxygen atoms in total. The van der Waals surface area contributed by atoms with E-state index in [1.165, 1.54) is 18.4 Å². The first-order valence-corrected chi connectivity index (χ1v) is 9.99. The summed E-state index contributed by atoms with van der Waals surface area (Å²) in [6.07, 6.45) is 2.55. The number of carbonyl (C=O) groups is 2. The van der Waals surface area contributed by atoms with Crippen LogP contribution in [0.25, 0.3) is 0 Å². The molecule has 1 atom stereocenters. The molecule has 6 heteroatoms. The van der Waals surface area contributed by atoms with Gasteiger partial charge in [0, 0.05) is 34.8 Å². The molecule has 0 aromatic heterocycles. The quantitative estimate of drug-likeness (QED) is 0.529. The normalized spacial score (nSPS) is 14.4. The maximum absolute atomic E-state index is 12.4. The smallest absolute Gasteiger partial charge is 0.328 e. The van der Waals surface area contributed by atoms with Gasteiger partial charge in [-0.2, -0.15) is 0 Å². The Bertz CT molecular complexity index is 960. The molecular weight excluding hydrogens is 378 g/mol. The molecular formula is C24H27N3O3. The highest BCUT2D eigenvalue weighted by molar-refractivity contribution is 5.97. The third-order valence-corrected chi connectivity index (χ3v) is 4.89. The minimum Gasteiger partial charge on any atom is -0.480 e. The highest BCUT2D eigenvalue weighted by Crippen LogP contribution is 2.19. The zero-order chi connectivity index (χ0) is 21.7. The van der Waals surface area contributed by atoms with E-state index in [2.05, 4.69) is 34.6 Å². The van der Waals surface area contributed by atoms with Crippen LogP contribution < -0.4 is 16.4 Å². The van der Waals surface area contributed by atoms with Crippen molar-refractivity contribution in [3.05, 3.63) is 70.8 Å². The summed E-state index contributed by atoms with van der Waals surface area (Å²) in [6, 6.07) is 14.4. The van der Waals surface area contributed by atoms with Gasteiger partial charge in [-0.25, -0.2) is 4.79 Å². The highest BCUT2D eigenvalue weighted by Gasteiger charge is 2.33. The van der Waals surface area contributed by atoms with Crippen LogP contribution in [0.15, 0.2) is 48.5 Å². The van der Waals surface area contributed by atoms with Crippen molar-refractivity contribution in [2.45, 2.75) is 50.9 Å². The minimum atomic E-state index is -1.19. The van der Waals surface area contributed by atoms with Crippen LogP contribution in [-0.2, 0) is 11.3 Å². The molecule has 1 unspecified atom stereocenters. The van der Waals surface area contributed by atoms with Gasteiger partial charge in [0.2, 0.25) is 0 Å². The van der Waals surface area contributed by atoms with Gasteiger partial charge in [0.25, 0.3) is 5.91 Å². The lowest BCUT2D eigenvalue weighted by Crippen LogP contribution is -2.58. The number of hydrogen-bond acceptors (Lipinski definition) is 4. The molecule has 1 saturated carbocycles. The summed E-state index contributed by atoms with van der Waals surface area (Å²) < 4.78 is 0. The van der Waals surface area contributed by atoms with E-state index in [9.17, 15) is 14.7 Å². The number of carboxylic acids is 1. The van der Waals surface area contributed by atoms with Crippen LogP contribution in [0.1, 0.15) is 53.7 Å². The van der Waals surface area contributed by atoms with Crippen molar-refractivity contribution in [3.63, 3.8) is 0 Å². The van der Waals surface area contributed by atoms with Gasteiger partial charge in [0.15, 0.2) is 0 Å². The van der Waals surface area contributed by atoms with E-state index >= 15 is 0 Å². The van der Waals surface area contributed by atoms with E-state index in [1.54, 1.807) is 38.1 Å². The lowest BCUT2D eigenvalue weighted by Gasteiger charge is -2.27. The number of aliphatic carboxylic acids is 1. The first-order valence-electron chi connectivity index (χ1n) is 9.99. The van der Waals surface area contributed by atoms with Crippen LogP contribution in [0.2, 0.25) is 0 Å². The molecule has 0 radical (unpaired) electrons. The van der Waals surface area contributed by atoms with E-state index in [-0.39, 0.29) is 0 Å². The zero-order valence-electron chi connectivity index (χ0n) is 17.2. The zero-order valence-corrected chi connectivity index (χ0v) is 17.2. The van der Waals surface area contributed by atoms with Crippen molar-refractivity contribution >= 4 is 11.9 Å². The number of amides is 1. The predicted molar refractivity (Wildman–Crippen MR) is 116 cm³/mol. The largest absolute Gasteiger partial charge is 0.480 e. The number of hydrogen-bond donors (Lipinski definition) is 4. The molecule has 1 aliphatic rings. The standard InChI is InChI=1S/C24H27N3O3/c1-24(2,25)21(23(29)30)27-22(28)19-11-9-17(10-12-19)4-3-16-5-7-18(8-6-16)15-26-20-13-14-20/h5-12,20-21,26H,13-15,25H2,1-2H3,(H,27,28)(H,29,30). The Balaban J connectivity index is 1.60. The van der Waals surface area contributed by atoms with E-state index < -0.39 is 23.5 Å². The Morgan fingerprint density at radius 1 is 1.07 bits per heavy atom. The minimum absolute atomic E-state index is 0.351. The van der Waals surface area contributed by atoms with E-state index in [1.807, 2.05) is 12.1 Å². The lowest BCUT2D eigenvalue weighted by molar-refractivity contribution is -0.140. The predicted octanol–water partition coefficient (Wildman–Crippen LogP) is 2.26. The van der Waals surface area contributed by atoms with E-state index in [0.29, 0.717) is 11.6 Å². The van der Waals surface area contributed by atoms with Crippen molar-refractivity contribution < 1.29 is 14.7 Å². The summed E-state index contributed by atoms with van der Waals surface area (Å²) in [7, 11) is 0. The van der Waals surface area contributed by atoms with Crippen LogP contribution in [0.5, 0.6) is 0 Å². The molecule has 2 aromatic rings. The molecule has 0 spiro atoms. The van der Waals surface area contributed by atoms with Crippen LogP contribution in [-0.4, -0.2) is 34.6 Å². The Hall–Kier alpha value is -3.14.